The summed E-state index contributed by atoms with van der Waals surface area (Å²) in [4.78, 5) is 33.9. The van der Waals surface area contributed by atoms with Gasteiger partial charge in [-0.05, 0) is 31.2 Å². The van der Waals surface area contributed by atoms with Gasteiger partial charge in [0.15, 0.2) is 0 Å². The molecule has 1 rings (SSSR count). The summed E-state index contributed by atoms with van der Waals surface area (Å²) in [6.07, 6.45) is 0. The zero-order chi connectivity index (χ0) is 15.1. The summed E-state index contributed by atoms with van der Waals surface area (Å²) >= 11 is 0. The van der Waals surface area contributed by atoms with Crippen molar-refractivity contribution < 1.29 is 19.1 Å². The zero-order valence-corrected chi connectivity index (χ0v) is 12.5. The van der Waals surface area contributed by atoms with Gasteiger partial charge in [-0.3, -0.25) is 14.4 Å². The smallest absolute Gasteiger partial charge is 0.325 e. The molecule has 0 fully saturated rings. The van der Waals surface area contributed by atoms with Gasteiger partial charge in [0.05, 0.1) is 13.2 Å². The highest BCUT2D eigenvalue weighted by molar-refractivity contribution is 5.97. The van der Waals surface area contributed by atoms with Crippen LogP contribution in [0.4, 0.5) is 5.69 Å². The van der Waals surface area contributed by atoms with E-state index in [4.69, 9.17) is 5.73 Å². The molecule has 7 nitrogen and oxygen atoms in total. The van der Waals surface area contributed by atoms with Gasteiger partial charge in [0.25, 0.3) is 5.91 Å². The number of carbonyl (C=O) groups is 3. The van der Waals surface area contributed by atoms with Crippen LogP contribution >= 0.6 is 12.4 Å². The largest absolute Gasteiger partial charge is 0.468 e. The third kappa shape index (κ3) is 6.24. The fraction of sp³-hybridized carbons (Fsp3) is 0.308. The van der Waals surface area contributed by atoms with Crippen molar-refractivity contribution in [1.29, 1.82) is 0 Å². The van der Waals surface area contributed by atoms with E-state index in [0.717, 1.165) is 0 Å². The second-order valence-corrected chi connectivity index (χ2v) is 4.11. The van der Waals surface area contributed by atoms with Crippen LogP contribution in [-0.4, -0.2) is 37.5 Å². The lowest BCUT2D eigenvalue weighted by atomic mass is 10.2. The van der Waals surface area contributed by atoms with Crippen LogP contribution in [0.25, 0.3) is 0 Å². The van der Waals surface area contributed by atoms with E-state index >= 15 is 0 Å². The number of ether oxygens (including phenoxy) is 1. The average molecular weight is 316 g/mol. The van der Waals surface area contributed by atoms with Crippen LogP contribution in [0.15, 0.2) is 24.3 Å². The van der Waals surface area contributed by atoms with Crippen LogP contribution in [0.5, 0.6) is 0 Å². The summed E-state index contributed by atoms with van der Waals surface area (Å²) in [5, 5.41) is 5.00. The minimum Gasteiger partial charge on any atom is -0.468 e. The van der Waals surface area contributed by atoms with Crippen molar-refractivity contribution in [2.45, 2.75) is 13.0 Å². The SMILES string of the molecule is COC(=O)CNC(=O)c1ccc(NC(=O)[C@H](C)N)cc1.Cl. The standard InChI is InChI=1S/C13H17N3O4.ClH/c1-8(14)12(18)16-10-5-3-9(4-6-10)13(19)15-7-11(17)20-2;/h3-6,8H,7,14H2,1-2H3,(H,15,19)(H,16,18);1H/t8-;/m0./s1. The highest BCUT2D eigenvalue weighted by Gasteiger charge is 2.10. The number of methoxy groups -OCH3 is 1. The number of nitrogens with two attached hydrogens (primary N) is 1. The number of benzene rings is 1. The fourth-order valence-corrected chi connectivity index (χ4v) is 1.29. The van der Waals surface area contributed by atoms with Crippen molar-refractivity contribution >= 4 is 35.9 Å². The van der Waals surface area contributed by atoms with Gasteiger partial charge in [0.2, 0.25) is 5.91 Å². The Morgan fingerprint density at radius 3 is 2.29 bits per heavy atom. The molecule has 0 aliphatic rings. The van der Waals surface area contributed by atoms with Crippen LogP contribution in [-0.2, 0) is 14.3 Å². The maximum atomic E-state index is 11.7. The molecule has 4 N–H and O–H groups in total. The Hall–Kier alpha value is -2.12. The molecule has 0 bridgehead atoms. The molecule has 0 aromatic heterocycles. The van der Waals surface area contributed by atoms with E-state index in [9.17, 15) is 14.4 Å². The summed E-state index contributed by atoms with van der Waals surface area (Å²) in [7, 11) is 1.24. The summed E-state index contributed by atoms with van der Waals surface area (Å²) in [6.45, 7) is 1.38. The number of anilines is 1. The first kappa shape index (κ1) is 18.9. The topological polar surface area (TPSA) is 111 Å². The number of hydrogen-bond donors (Lipinski definition) is 3. The van der Waals surface area contributed by atoms with Crippen LogP contribution in [0.1, 0.15) is 17.3 Å². The summed E-state index contributed by atoms with van der Waals surface area (Å²) in [5.41, 5.74) is 6.33. The third-order valence-corrected chi connectivity index (χ3v) is 2.45. The lowest BCUT2D eigenvalue weighted by molar-refractivity contribution is -0.139. The van der Waals surface area contributed by atoms with Crippen molar-refractivity contribution in [3.63, 3.8) is 0 Å². The Balaban J connectivity index is 0.00000400. The molecular formula is C13H18ClN3O4. The first-order chi connectivity index (χ1) is 9.43. The molecule has 0 saturated heterocycles. The van der Waals surface area contributed by atoms with E-state index < -0.39 is 17.9 Å². The second-order valence-electron chi connectivity index (χ2n) is 4.11. The molecule has 0 aliphatic heterocycles. The lowest BCUT2D eigenvalue weighted by Crippen LogP contribution is -2.32. The van der Waals surface area contributed by atoms with Gasteiger partial charge in [0.1, 0.15) is 6.54 Å². The molecule has 2 amide bonds. The van der Waals surface area contributed by atoms with Gasteiger partial charge < -0.3 is 21.1 Å². The van der Waals surface area contributed by atoms with E-state index in [1.807, 2.05) is 0 Å². The average Bonchev–Trinajstić information content (AvgIpc) is 2.44. The van der Waals surface area contributed by atoms with E-state index in [2.05, 4.69) is 15.4 Å². The first-order valence-electron chi connectivity index (χ1n) is 5.95. The zero-order valence-electron chi connectivity index (χ0n) is 11.7. The molecule has 0 radical (unpaired) electrons. The van der Waals surface area contributed by atoms with Crippen molar-refractivity contribution in [2.24, 2.45) is 5.73 Å². The molecular weight excluding hydrogens is 298 g/mol. The van der Waals surface area contributed by atoms with Gasteiger partial charge in [-0.15, -0.1) is 12.4 Å². The molecule has 0 unspecified atom stereocenters. The number of carbonyl (C=O) groups excluding carboxylic acids is 3. The van der Waals surface area contributed by atoms with E-state index in [0.29, 0.717) is 11.3 Å². The Bertz CT molecular complexity index is 503. The van der Waals surface area contributed by atoms with Crippen molar-refractivity contribution in [1.82, 2.24) is 5.32 Å². The van der Waals surface area contributed by atoms with E-state index in [-0.39, 0.29) is 24.9 Å². The normalized spacial score (nSPS) is 10.8. The van der Waals surface area contributed by atoms with Crippen molar-refractivity contribution in [2.75, 3.05) is 19.0 Å². The first-order valence-corrected chi connectivity index (χ1v) is 5.95. The number of esters is 1. The molecule has 1 aromatic carbocycles. The molecule has 0 aliphatic carbocycles. The highest BCUT2D eigenvalue weighted by atomic mass is 35.5. The number of amides is 2. The summed E-state index contributed by atoms with van der Waals surface area (Å²) < 4.78 is 4.41. The predicted molar refractivity (Wildman–Crippen MR) is 80.3 cm³/mol. The van der Waals surface area contributed by atoms with E-state index in [1.165, 1.54) is 19.2 Å². The maximum absolute atomic E-state index is 11.7. The van der Waals surface area contributed by atoms with E-state index in [1.54, 1.807) is 19.1 Å². The van der Waals surface area contributed by atoms with Gasteiger partial charge >= 0.3 is 5.97 Å². The summed E-state index contributed by atoms with van der Waals surface area (Å²) in [5.74, 6) is -1.24. The Morgan fingerprint density at radius 1 is 1.24 bits per heavy atom. The lowest BCUT2D eigenvalue weighted by Gasteiger charge is -2.08. The quantitative estimate of drug-likeness (QED) is 0.677. The van der Waals surface area contributed by atoms with Crippen molar-refractivity contribution in [3.05, 3.63) is 29.8 Å². The van der Waals surface area contributed by atoms with Crippen LogP contribution in [0.3, 0.4) is 0 Å². The van der Waals surface area contributed by atoms with Gasteiger partial charge in [-0.25, -0.2) is 0 Å². The van der Waals surface area contributed by atoms with Gasteiger partial charge in [0, 0.05) is 11.3 Å². The fourth-order valence-electron chi connectivity index (χ4n) is 1.29. The second kappa shape index (κ2) is 8.93. The maximum Gasteiger partial charge on any atom is 0.325 e. The number of halogens is 1. The minimum absolute atomic E-state index is 0. The van der Waals surface area contributed by atoms with Crippen LogP contribution in [0, 0.1) is 0 Å². The molecule has 0 spiro atoms. The summed E-state index contributed by atoms with van der Waals surface area (Å²) in [6, 6.07) is 5.60. The predicted octanol–water partition coefficient (Wildman–Crippen LogP) is 0.297. The van der Waals surface area contributed by atoms with Crippen molar-refractivity contribution in [3.8, 4) is 0 Å². The molecule has 0 heterocycles. The number of nitrogens with one attached hydrogen (secondary N) is 2. The molecule has 1 aromatic rings. The molecule has 21 heavy (non-hydrogen) atoms. The Labute approximate surface area is 128 Å². The highest BCUT2D eigenvalue weighted by Crippen LogP contribution is 2.09. The number of hydrogen-bond acceptors (Lipinski definition) is 5. The third-order valence-electron chi connectivity index (χ3n) is 2.45. The molecule has 0 saturated carbocycles. The molecule has 8 heteroatoms. The minimum atomic E-state index is -0.613. The van der Waals surface area contributed by atoms with Crippen LogP contribution < -0.4 is 16.4 Å². The van der Waals surface area contributed by atoms with Gasteiger partial charge in [-0.2, -0.15) is 0 Å². The Morgan fingerprint density at radius 2 is 1.81 bits per heavy atom. The Kier molecular flexibility index (Phi) is 8.03. The van der Waals surface area contributed by atoms with Crippen LogP contribution in [0.2, 0.25) is 0 Å². The van der Waals surface area contributed by atoms with Gasteiger partial charge in [-0.1, -0.05) is 0 Å². The monoisotopic (exact) mass is 315 g/mol. The number of rotatable bonds is 5. The molecule has 1 atom stereocenters. The molecule has 116 valence electrons.